The largest absolute Gasteiger partial charge is 0.480 e. The van der Waals surface area contributed by atoms with E-state index in [9.17, 15) is 14.4 Å². The van der Waals surface area contributed by atoms with Crippen LogP contribution >= 0.6 is 11.8 Å². The average molecular weight is 318 g/mol. The van der Waals surface area contributed by atoms with Crippen molar-refractivity contribution in [2.45, 2.75) is 38.3 Å². The van der Waals surface area contributed by atoms with E-state index in [0.29, 0.717) is 18.7 Å². The lowest BCUT2D eigenvalue weighted by molar-refractivity contribution is -0.141. The topological polar surface area (TPSA) is 105 Å². The van der Waals surface area contributed by atoms with Gasteiger partial charge in [0.1, 0.15) is 6.04 Å². The van der Waals surface area contributed by atoms with Gasteiger partial charge in [-0.3, -0.25) is 9.59 Å². The van der Waals surface area contributed by atoms with Crippen molar-refractivity contribution in [2.24, 2.45) is 0 Å². The molecule has 0 aromatic rings. The average Bonchev–Trinajstić information content (AvgIpc) is 2.92. The second-order valence-electron chi connectivity index (χ2n) is 4.87. The lowest BCUT2D eigenvalue weighted by Gasteiger charge is -2.13. The van der Waals surface area contributed by atoms with Crippen molar-refractivity contribution in [1.29, 1.82) is 0 Å². The molecule has 1 aliphatic rings. The smallest absolute Gasteiger partial charge is 0.326 e. The molecule has 0 aromatic heterocycles. The van der Waals surface area contributed by atoms with Crippen LogP contribution in [0.15, 0.2) is 0 Å². The van der Waals surface area contributed by atoms with Gasteiger partial charge < -0.3 is 20.5 Å². The summed E-state index contributed by atoms with van der Waals surface area (Å²) in [4.78, 5) is 33.3. The van der Waals surface area contributed by atoms with E-state index in [1.54, 1.807) is 0 Å². The Hall–Kier alpha value is -1.28. The number of carboxylic acid groups (broad SMARTS) is 1. The number of aliphatic carboxylic acids is 1. The molecule has 7 nitrogen and oxygen atoms in total. The van der Waals surface area contributed by atoms with E-state index in [4.69, 9.17) is 9.84 Å². The van der Waals surface area contributed by atoms with E-state index in [1.165, 1.54) is 18.7 Å². The quantitative estimate of drug-likeness (QED) is 0.517. The summed E-state index contributed by atoms with van der Waals surface area (Å²) >= 11 is 1.35. The molecular weight excluding hydrogens is 296 g/mol. The van der Waals surface area contributed by atoms with Crippen LogP contribution in [0.1, 0.15) is 26.2 Å². The summed E-state index contributed by atoms with van der Waals surface area (Å²) in [5, 5.41) is 14.1. The molecule has 1 aliphatic heterocycles. The molecular formula is C13H22N2O5S. The number of thioether (sulfide) groups is 1. The van der Waals surface area contributed by atoms with E-state index in [-0.39, 0.29) is 23.7 Å². The number of rotatable bonds is 9. The van der Waals surface area contributed by atoms with Crippen LogP contribution in [0.3, 0.4) is 0 Å². The molecule has 0 radical (unpaired) electrons. The van der Waals surface area contributed by atoms with Gasteiger partial charge in [0.15, 0.2) is 0 Å². The van der Waals surface area contributed by atoms with Gasteiger partial charge >= 0.3 is 5.97 Å². The van der Waals surface area contributed by atoms with Crippen LogP contribution < -0.4 is 10.6 Å². The lowest BCUT2D eigenvalue weighted by Crippen LogP contribution is -2.40. The van der Waals surface area contributed by atoms with Gasteiger partial charge in [-0.2, -0.15) is 11.8 Å². The Balaban J connectivity index is 2.09. The van der Waals surface area contributed by atoms with Gasteiger partial charge in [-0.15, -0.1) is 0 Å². The highest BCUT2D eigenvalue weighted by molar-refractivity contribution is 7.99. The van der Waals surface area contributed by atoms with Gasteiger partial charge in [0, 0.05) is 20.1 Å². The minimum Gasteiger partial charge on any atom is -0.480 e. The van der Waals surface area contributed by atoms with Crippen molar-refractivity contribution in [1.82, 2.24) is 10.6 Å². The predicted molar refractivity (Wildman–Crippen MR) is 79.2 cm³/mol. The summed E-state index contributed by atoms with van der Waals surface area (Å²) in [5.74, 6) is -0.749. The van der Waals surface area contributed by atoms with E-state index < -0.39 is 12.0 Å². The highest BCUT2D eigenvalue weighted by Gasteiger charge is 2.18. The van der Waals surface area contributed by atoms with Crippen LogP contribution in [0.5, 0.6) is 0 Å². The van der Waals surface area contributed by atoms with Crippen molar-refractivity contribution in [3.63, 3.8) is 0 Å². The highest BCUT2D eigenvalue weighted by Crippen LogP contribution is 2.11. The molecule has 1 rings (SSSR count). The summed E-state index contributed by atoms with van der Waals surface area (Å²) in [6.45, 7) is 2.57. The normalized spacial score (nSPS) is 19.0. The molecule has 0 aliphatic carbocycles. The SMILES string of the molecule is CC(=O)NC(CCSCC(=O)NCC1CCCO1)C(=O)O. The van der Waals surface area contributed by atoms with Gasteiger partial charge in [0.05, 0.1) is 11.9 Å². The van der Waals surface area contributed by atoms with Crippen LogP contribution in [0, 0.1) is 0 Å². The first kappa shape index (κ1) is 17.8. The minimum absolute atomic E-state index is 0.0816. The molecule has 0 saturated carbocycles. The summed E-state index contributed by atoms with van der Waals surface area (Å²) < 4.78 is 5.40. The Labute approximate surface area is 128 Å². The molecule has 2 unspecified atom stereocenters. The third-order valence-electron chi connectivity index (χ3n) is 3.01. The molecule has 2 atom stereocenters. The molecule has 8 heteroatoms. The standard InChI is InChI=1S/C13H22N2O5S/c1-9(16)15-11(13(18)19)4-6-21-8-12(17)14-7-10-3-2-5-20-10/h10-11H,2-8H2,1H3,(H,14,17)(H,15,16)(H,18,19). The van der Waals surface area contributed by atoms with E-state index >= 15 is 0 Å². The lowest BCUT2D eigenvalue weighted by atomic mass is 10.2. The molecule has 0 bridgehead atoms. The zero-order valence-corrected chi connectivity index (χ0v) is 12.9. The summed E-state index contributed by atoms with van der Waals surface area (Å²) in [6.07, 6.45) is 2.42. The number of carboxylic acids is 1. The number of hydrogen-bond donors (Lipinski definition) is 3. The molecule has 21 heavy (non-hydrogen) atoms. The zero-order valence-electron chi connectivity index (χ0n) is 12.1. The Kier molecular flexibility index (Phi) is 8.14. The molecule has 1 fully saturated rings. The number of carbonyl (C=O) groups is 3. The van der Waals surface area contributed by atoms with Gasteiger partial charge in [0.2, 0.25) is 11.8 Å². The second-order valence-corrected chi connectivity index (χ2v) is 5.98. The van der Waals surface area contributed by atoms with Crippen molar-refractivity contribution < 1.29 is 24.2 Å². The third kappa shape index (κ3) is 7.91. The first-order chi connectivity index (χ1) is 9.99. The molecule has 2 amide bonds. The number of nitrogens with one attached hydrogen (secondary N) is 2. The number of hydrogen-bond acceptors (Lipinski definition) is 5. The fraction of sp³-hybridized carbons (Fsp3) is 0.769. The highest BCUT2D eigenvalue weighted by atomic mass is 32.2. The van der Waals surface area contributed by atoms with E-state index in [2.05, 4.69) is 10.6 Å². The van der Waals surface area contributed by atoms with E-state index in [1.807, 2.05) is 0 Å². The maximum Gasteiger partial charge on any atom is 0.326 e. The minimum atomic E-state index is -1.06. The van der Waals surface area contributed by atoms with Gasteiger partial charge in [-0.05, 0) is 25.0 Å². The van der Waals surface area contributed by atoms with Crippen LogP contribution in [-0.2, 0) is 19.1 Å². The predicted octanol–water partition coefficient (Wildman–Crippen LogP) is -0.00580. The van der Waals surface area contributed by atoms with Crippen LogP contribution in [0.25, 0.3) is 0 Å². The first-order valence-corrected chi connectivity index (χ1v) is 8.10. The third-order valence-corrected chi connectivity index (χ3v) is 4.00. The van der Waals surface area contributed by atoms with Crippen LogP contribution in [0.2, 0.25) is 0 Å². The molecule has 1 heterocycles. The monoisotopic (exact) mass is 318 g/mol. The van der Waals surface area contributed by atoms with Gasteiger partial charge in [0.25, 0.3) is 0 Å². The Morgan fingerprint density at radius 1 is 1.43 bits per heavy atom. The van der Waals surface area contributed by atoms with Gasteiger partial charge in [-0.25, -0.2) is 4.79 Å². The number of carbonyl (C=O) groups excluding carboxylic acids is 2. The summed E-state index contributed by atoms with van der Waals surface area (Å²) in [5.41, 5.74) is 0. The molecule has 3 N–H and O–H groups in total. The van der Waals surface area contributed by atoms with E-state index in [0.717, 1.165) is 19.4 Å². The van der Waals surface area contributed by atoms with Crippen molar-refractivity contribution in [3.8, 4) is 0 Å². The second kappa shape index (κ2) is 9.62. The summed E-state index contributed by atoms with van der Waals surface area (Å²) in [7, 11) is 0. The maximum absolute atomic E-state index is 11.6. The van der Waals surface area contributed by atoms with Crippen molar-refractivity contribution >= 4 is 29.5 Å². The molecule has 120 valence electrons. The van der Waals surface area contributed by atoms with Crippen molar-refractivity contribution in [3.05, 3.63) is 0 Å². The summed E-state index contributed by atoms with van der Waals surface area (Å²) in [6, 6.07) is -0.898. The molecule has 0 aromatic carbocycles. The fourth-order valence-corrected chi connectivity index (χ4v) is 2.79. The Morgan fingerprint density at radius 3 is 2.76 bits per heavy atom. The zero-order chi connectivity index (χ0) is 15.7. The van der Waals surface area contributed by atoms with Crippen LogP contribution in [-0.4, -0.2) is 59.7 Å². The van der Waals surface area contributed by atoms with Crippen molar-refractivity contribution in [2.75, 3.05) is 24.7 Å². The molecule has 0 spiro atoms. The molecule has 1 saturated heterocycles. The maximum atomic E-state index is 11.6. The Morgan fingerprint density at radius 2 is 2.19 bits per heavy atom. The number of amides is 2. The van der Waals surface area contributed by atoms with Crippen LogP contribution in [0.4, 0.5) is 0 Å². The first-order valence-electron chi connectivity index (χ1n) is 6.95. The number of ether oxygens (including phenoxy) is 1. The fourth-order valence-electron chi connectivity index (χ4n) is 1.95. The Bertz CT molecular complexity index is 372. The van der Waals surface area contributed by atoms with Gasteiger partial charge in [-0.1, -0.05) is 0 Å².